The van der Waals surface area contributed by atoms with Crippen molar-refractivity contribution in [3.63, 3.8) is 0 Å². The van der Waals surface area contributed by atoms with Crippen LogP contribution in [0, 0.1) is 0 Å². The predicted molar refractivity (Wildman–Crippen MR) is 204 cm³/mol. The van der Waals surface area contributed by atoms with E-state index >= 15 is 0 Å². The minimum atomic E-state index is -4.61. The van der Waals surface area contributed by atoms with Crippen LogP contribution in [0.1, 0.15) is 35.6 Å². The second-order valence-corrected chi connectivity index (χ2v) is 15.1. The smallest absolute Gasteiger partial charge is 0.461 e. The molecule has 0 radical (unpaired) electrons. The molecule has 4 aromatic carbocycles. The van der Waals surface area contributed by atoms with Gasteiger partial charge in [-0.1, -0.05) is 83.3 Å². The fourth-order valence-electron chi connectivity index (χ4n) is 5.94. The molecule has 0 spiro atoms. The van der Waals surface area contributed by atoms with E-state index in [4.69, 9.17) is 57.4 Å². The normalized spacial score (nSPS) is 20.6. The topological polar surface area (TPSA) is 144 Å². The third-order valence-electron chi connectivity index (χ3n) is 8.64. The van der Waals surface area contributed by atoms with Crippen molar-refractivity contribution in [1.29, 1.82) is 0 Å². The van der Waals surface area contributed by atoms with E-state index in [0.29, 0.717) is 34.6 Å². The van der Waals surface area contributed by atoms with Crippen LogP contribution in [0.2, 0.25) is 15.1 Å². The third-order valence-corrected chi connectivity index (χ3v) is 10.2. The number of hydrogen-bond donors (Lipinski definition) is 3. The van der Waals surface area contributed by atoms with Gasteiger partial charge < -0.3 is 42.8 Å². The molecule has 11 nitrogen and oxygen atoms in total. The summed E-state index contributed by atoms with van der Waals surface area (Å²) < 4.78 is 53.9. The van der Waals surface area contributed by atoms with Crippen molar-refractivity contribution in [3.05, 3.63) is 147 Å². The van der Waals surface area contributed by atoms with Crippen LogP contribution >= 0.6 is 34.8 Å². The van der Waals surface area contributed by atoms with Crippen LogP contribution in [0.5, 0.6) is 17.2 Å². The van der Waals surface area contributed by atoms with Gasteiger partial charge in [-0.25, -0.2) is 0 Å². The number of aliphatic hydroxyl groups is 3. The first kappa shape index (κ1) is 39.9. The van der Waals surface area contributed by atoms with E-state index in [-0.39, 0.29) is 29.8 Å². The lowest BCUT2D eigenvalue weighted by Crippen LogP contribution is -2.51. The third kappa shape index (κ3) is 10.9. The summed E-state index contributed by atoms with van der Waals surface area (Å²) in [6.45, 7) is 0.283. The van der Waals surface area contributed by atoms with E-state index < -0.39 is 41.6 Å². The van der Waals surface area contributed by atoms with Crippen LogP contribution in [0.25, 0.3) is 0 Å². The van der Waals surface area contributed by atoms with Gasteiger partial charge in [-0.05, 0) is 84.3 Å². The summed E-state index contributed by atoms with van der Waals surface area (Å²) in [7, 11) is -4.61. The van der Waals surface area contributed by atoms with Gasteiger partial charge in [0.05, 0.1) is 25.9 Å². The Morgan fingerprint density at radius 3 is 2.30 bits per heavy atom. The lowest BCUT2D eigenvalue weighted by molar-refractivity contribution is -0.230. The number of ether oxygens (including phenoxy) is 3. The van der Waals surface area contributed by atoms with E-state index in [2.05, 4.69) is 17.2 Å². The summed E-state index contributed by atoms with van der Waals surface area (Å²) in [6, 6.07) is 25.4. The molecule has 3 N–H and O–H groups in total. The quantitative estimate of drug-likeness (QED) is 0.112. The van der Waals surface area contributed by atoms with Gasteiger partial charge in [0.2, 0.25) is 6.29 Å². The molecule has 0 aliphatic carbocycles. The van der Waals surface area contributed by atoms with Crippen molar-refractivity contribution in [1.82, 2.24) is 4.90 Å². The van der Waals surface area contributed by atoms with Crippen molar-refractivity contribution < 1.29 is 46.3 Å². The van der Waals surface area contributed by atoms with Gasteiger partial charge in [0.25, 0.3) is 0 Å². The molecule has 4 aromatic rings. The van der Waals surface area contributed by atoms with Crippen LogP contribution in [0.4, 0.5) is 0 Å². The molecular formula is C39H38Cl3NO10S. The van der Waals surface area contributed by atoms with Gasteiger partial charge in [0.15, 0.2) is 11.5 Å². The monoisotopic (exact) mass is 817 g/mol. The summed E-state index contributed by atoms with van der Waals surface area (Å²) in [5.74, 6) is -0.156. The minimum absolute atomic E-state index is 0.00939. The molecule has 1 saturated heterocycles. The lowest BCUT2D eigenvalue weighted by atomic mass is 10.0. The number of hydrogen-bond acceptors (Lipinski definition) is 11. The van der Waals surface area contributed by atoms with Gasteiger partial charge in [-0.3, -0.25) is 0 Å². The van der Waals surface area contributed by atoms with Gasteiger partial charge in [0, 0.05) is 33.3 Å². The summed E-state index contributed by atoms with van der Waals surface area (Å²) in [6.07, 6.45) is 2.27. The number of nitrogens with zero attached hydrogens (tertiary/aromatic N) is 1. The van der Waals surface area contributed by atoms with Crippen LogP contribution in [-0.4, -0.2) is 66.4 Å². The fraction of sp³-hybridized carbons (Fsp3) is 0.282. The molecule has 2 heterocycles. The van der Waals surface area contributed by atoms with E-state index in [1.807, 2.05) is 36.5 Å². The van der Waals surface area contributed by atoms with E-state index in [9.17, 15) is 23.7 Å². The average Bonchev–Trinajstić information content (AvgIpc) is 3.14. The maximum atomic E-state index is 12.9. The molecule has 15 heteroatoms. The zero-order valence-electron chi connectivity index (χ0n) is 28.7. The van der Waals surface area contributed by atoms with Crippen molar-refractivity contribution in [2.45, 2.75) is 56.6 Å². The van der Waals surface area contributed by atoms with Crippen LogP contribution in [0.15, 0.2) is 115 Å². The molecule has 0 aromatic heterocycles. The Bertz CT molecular complexity index is 2050. The maximum absolute atomic E-state index is 12.9. The predicted octanol–water partition coefficient (Wildman–Crippen LogP) is 7.16. The SMILES string of the molecule is O=S(=O)(Oc1ccc(CC2=CN(CC(OCc3ccc(Cl)cc3)c3ccc(Cl)cc3Cl)C=CC2)cc1)Oc1ccccc1OC1C[C@@H](O)[C@@H](O)[C@@H](CO)O1. The zero-order chi connectivity index (χ0) is 38.2. The van der Waals surface area contributed by atoms with Crippen LogP contribution < -0.4 is 13.1 Å². The minimum Gasteiger partial charge on any atom is -0.461 e. The van der Waals surface area contributed by atoms with Crippen molar-refractivity contribution in [3.8, 4) is 17.2 Å². The molecule has 0 bridgehead atoms. The number of rotatable bonds is 15. The molecule has 2 unspecified atom stereocenters. The molecule has 286 valence electrons. The highest BCUT2D eigenvalue weighted by Gasteiger charge is 2.38. The number of halogens is 3. The van der Waals surface area contributed by atoms with E-state index in [1.165, 1.54) is 24.3 Å². The standard InChI is InChI=1S/C39H38Cl3NO10S/c40-28-11-7-26(8-12-28)24-49-36(31-16-13-29(41)19-32(31)42)22-43-17-3-4-27(21-43)18-25-9-14-30(15-10-25)52-54(47,48)53-35-6-2-1-5-34(35)50-38-20-33(45)39(46)37(23-44)51-38/h1-3,5-17,19,21,33,36-39,44-46H,4,18,20,22-24H2/t33-,36?,37-,38?,39-/m1/s1. The van der Waals surface area contributed by atoms with Gasteiger partial charge >= 0.3 is 10.4 Å². The second-order valence-electron chi connectivity index (χ2n) is 12.7. The van der Waals surface area contributed by atoms with Crippen LogP contribution in [-0.2, 0) is 32.9 Å². The summed E-state index contributed by atoms with van der Waals surface area (Å²) in [5, 5.41) is 31.2. The Labute approximate surface area is 328 Å². The number of allylic oxidation sites excluding steroid dienone is 2. The Balaban J connectivity index is 1.07. The number of aliphatic hydroxyl groups excluding tert-OH is 3. The first-order chi connectivity index (χ1) is 25.9. The Morgan fingerprint density at radius 2 is 1.57 bits per heavy atom. The van der Waals surface area contributed by atoms with Gasteiger partial charge in [0.1, 0.15) is 24.1 Å². The highest BCUT2D eigenvalue weighted by Crippen LogP contribution is 2.34. The molecule has 5 atom stereocenters. The maximum Gasteiger partial charge on any atom is 0.501 e. The first-order valence-corrected chi connectivity index (χ1v) is 19.5. The zero-order valence-corrected chi connectivity index (χ0v) is 31.8. The second kappa shape index (κ2) is 18.2. The highest BCUT2D eigenvalue weighted by molar-refractivity contribution is 7.82. The Kier molecular flexibility index (Phi) is 13.4. The molecule has 1 fully saturated rings. The average molecular weight is 819 g/mol. The molecule has 54 heavy (non-hydrogen) atoms. The van der Waals surface area contributed by atoms with Gasteiger partial charge in [-0.15, -0.1) is 8.42 Å². The summed E-state index contributed by atoms with van der Waals surface area (Å²) in [4.78, 5) is 2.05. The Hall–Kier alpha value is -3.82. The number of para-hydroxylation sites is 2. The van der Waals surface area contributed by atoms with Crippen molar-refractivity contribution >= 4 is 45.2 Å². The highest BCUT2D eigenvalue weighted by atomic mass is 35.5. The molecule has 2 aliphatic heterocycles. The van der Waals surface area contributed by atoms with E-state index in [1.54, 1.807) is 36.4 Å². The fourth-order valence-corrected chi connectivity index (χ4v) is 7.34. The number of benzene rings is 4. The Morgan fingerprint density at radius 1 is 0.870 bits per heavy atom. The molecule has 0 amide bonds. The molecular weight excluding hydrogens is 781 g/mol. The largest absolute Gasteiger partial charge is 0.501 e. The van der Waals surface area contributed by atoms with Crippen LogP contribution in [0.3, 0.4) is 0 Å². The lowest BCUT2D eigenvalue weighted by Gasteiger charge is -2.36. The van der Waals surface area contributed by atoms with E-state index in [0.717, 1.165) is 28.7 Å². The molecule has 6 rings (SSSR count). The van der Waals surface area contributed by atoms with Gasteiger partial charge in [-0.2, -0.15) is 0 Å². The first-order valence-electron chi connectivity index (χ1n) is 17.0. The summed E-state index contributed by atoms with van der Waals surface area (Å²) >= 11 is 18.9. The van der Waals surface area contributed by atoms with Crippen molar-refractivity contribution in [2.24, 2.45) is 0 Å². The molecule has 0 saturated carbocycles. The summed E-state index contributed by atoms with van der Waals surface area (Å²) in [5.41, 5.74) is 3.82. The molecule has 2 aliphatic rings. The van der Waals surface area contributed by atoms with Crippen molar-refractivity contribution in [2.75, 3.05) is 13.2 Å².